The summed E-state index contributed by atoms with van der Waals surface area (Å²) in [6.45, 7) is 3.58. The molecule has 0 saturated heterocycles. The number of Topliss-reactive ketones (excluding diaryl/α,β-unsaturated/α-hetero) is 1. The molecule has 3 heteroatoms. The lowest BCUT2D eigenvalue weighted by atomic mass is 10.1. The molecule has 0 bridgehead atoms. The summed E-state index contributed by atoms with van der Waals surface area (Å²) >= 11 is 0. The Kier molecular flexibility index (Phi) is 4.44. The molecule has 1 rings (SSSR count). The lowest BCUT2D eigenvalue weighted by Crippen LogP contribution is -2.00. The van der Waals surface area contributed by atoms with Crippen LogP contribution in [0.15, 0.2) is 18.2 Å². The van der Waals surface area contributed by atoms with Gasteiger partial charge in [0, 0.05) is 5.56 Å². The van der Waals surface area contributed by atoms with E-state index in [1.165, 1.54) is 0 Å². The van der Waals surface area contributed by atoms with Gasteiger partial charge in [0.2, 0.25) is 0 Å². The predicted molar refractivity (Wildman–Crippen MR) is 57.8 cm³/mol. The molecule has 66 valence electrons. The molecule has 0 saturated carbocycles. The second-order valence-electron chi connectivity index (χ2n) is 2.63. The Bertz CT molecular complexity index is 297. The van der Waals surface area contributed by atoms with Crippen LogP contribution in [0.4, 0.5) is 0 Å². The summed E-state index contributed by atoms with van der Waals surface area (Å²) in [7, 11) is 2.63. The van der Waals surface area contributed by atoms with Gasteiger partial charge in [-0.1, -0.05) is 12.1 Å². The van der Waals surface area contributed by atoms with Gasteiger partial charge in [0.15, 0.2) is 5.78 Å². The lowest BCUT2D eigenvalue weighted by molar-refractivity contribution is 0.101. The predicted octanol–water partition coefficient (Wildman–Crippen LogP) is 2.12. The largest absolute Gasteiger partial charge is 0.295 e. The molecule has 0 spiro atoms. The number of halogens is 1. The Morgan fingerprint density at radius 2 is 2.00 bits per heavy atom. The number of rotatable bonds is 1. The Morgan fingerprint density at radius 1 is 1.42 bits per heavy atom. The van der Waals surface area contributed by atoms with E-state index in [9.17, 15) is 4.79 Å². The van der Waals surface area contributed by atoms with Gasteiger partial charge in [-0.05, 0) is 30.8 Å². The highest BCUT2D eigenvalue weighted by atomic mass is 35.5. The highest BCUT2D eigenvalue weighted by Crippen LogP contribution is 2.05. The summed E-state index contributed by atoms with van der Waals surface area (Å²) in [5, 5.41) is 1.15. The Labute approximate surface area is 81.2 Å². The van der Waals surface area contributed by atoms with E-state index in [1.807, 2.05) is 25.1 Å². The van der Waals surface area contributed by atoms with Gasteiger partial charge in [-0.3, -0.25) is 4.79 Å². The number of ketones is 1. The van der Waals surface area contributed by atoms with Gasteiger partial charge in [-0.2, -0.15) is 0 Å². The second-order valence-corrected chi connectivity index (χ2v) is 3.25. The maximum Gasteiger partial charge on any atom is 0.159 e. The standard InChI is InChI=1S/C9H11OP.ClH/c1-6-5-8(7(2)10)3-4-9(6)11;/h3-5H,11H2,1-2H3;1H. The first-order valence-corrected chi connectivity index (χ1v) is 4.06. The summed E-state index contributed by atoms with van der Waals surface area (Å²) < 4.78 is 0. The van der Waals surface area contributed by atoms with E-state index in [4.69, 9.17) is 0 Å². The Balaban J connectivity index is 0.00000121. The summed E-state index contributed by atoms with van der Waals surface area (Å²) in [4.78, 5) is 10.9. The van der Waals surface area contributed by atoms with Gasteiger partial charge in [-0.25, -0.2) is 0 Å². The van der Waals surface area contributed by atoms with Crippen LogP contribution in [0, 0.1) is 6.92 Å². The highest BCUT2D eigenvalue weighted by molar-refractivity contribution is 7.27. The molecule has 0 aliphatic heterocycles. The normalized spacial score (nSPS) is 8.92. The molecule has 0 heterocycles. The summed E-state index contributed by atoms with van der Waals surface area (Å²) in [5.74, 6) is 0.123. The number of carbonyl (C=O) groups is 1. The van der Waals surface area contributed by atoms with Gasteiger partial charge >= 0.3 is 0 Å². The van der Waals surface area contributed by atoms with Gasteiger partial charge in [-0.15, -0.1) is 21.6 Å². The monoisotopic (exact) mass is 202 g/mol. The SMILES string of the molecule is CC(=O)c1ccc(P)c(C)c1.Cl. The molecule has 12 heavy (non-hydrogen) atoms. The molecule has 1 atom stereocenters. The zero-order valence-corrected chi connectivity index (χ0v) is 9.10. The van der Waals surface area contributed by atoms with Crippen LogP contribution in [0.25, 0.3) is 0 Å². The van der Waals surface area contributed by atoms with Crippen molar-refractivity contribution in [3.05, 3.63) is 29.3 Å². The fourth-order valence-corrected chi connectivity index (χ4v) is 1.07. The van der Waals surface area contributed by atoms with Crippen molar-refractivity contribution < 1.29 is 4.79 Å². The third-order valence-corrected chi connectivity index (χ3v) is 2.32. The van der Waals surface area contributed by atoms with Crippen molar-refractivity contribution in [1.29, 1.82) is 0 Å². The van der Waals surface area contributed by atoms with Gasteiger partial charge in [0.05, 0.1) is 0 Å². The highest BCUT2D eigenvalue weighted by Gasteiger charge is 1.99. The van der Waals surface area contributed by atoms with Crippen LogP contribution in [0.1, 0.15) is 22.8 Å². The maximum atomic E-state index is 10.9. The quantitative estimate of drug-likeness (QED) is 0.504. The molecule has 0 fully saturated rings. The first kappa shape index (κ1) is 11.6. The van der Waals surface area contributed by atoms with Crippen molar-refractivity contribution in [1.82, 2.24) is 0 Å². The van der Waals surface area contributed by atoms with Crippen LogP contribution in [0.5, 0.6) is 0 Å². The van der Waals surface area contributed by atoms with Crippen LogP contribution in [-0.2, 0) is 0 Å². The molecular weight excluding hydrogens is 191 g/mol. The molecule has 0 aliphatic rings. The van der Waals surface area contributed by atoms with E-state index in [0.29, 0.717) is 0 Å². The lowest BCUT2D eigenvalue weighted by Gasteiger charge is -2.00. The van der Waals surface area contributed by atoms with Crippen molar-refractivity contribution in [3.8, 4) is 0 Å². The first-order chi connectivity index (χ1) is 5.11. The van der Waals surface area contributed by atoms with Crippen LogP contribution >= 0.6 is 21.6 Å². The Morgan fingerprint density at radius 3 is 2.42 bits per heavy atom. The molecule has 0 aromatic heterocycles. The fourth-order valence-electron chi connectivity index (χ4n) is 0.895. The smallest absolute Gasteiger partial charge is 0.159 e. The average molecular weight is 203 g/mol. The molecular formula is C9H12ClOP. The molecule has 0 aliphatic carbocycles. The van der Waals surface area contributed by atoms with E-state index >= 15 is 0 Å². The van der Waals surface area contributed by atoms with E-state index in [2.05, 4.69) is 9.24 Å². The topological polar surface area (TPSA) is 17.1 Å². The number of benzene rings is 1. The molecule has 1 unspecified atom stereocenters. The molecule has 0 radical (unpaired) electrons. The van der Waals surface area contributed by atoms with E-state index in [0.717, 1.165) is 16.4 Å². The molecule has 1 aromatic carbocycles. The number of aryl methyl sites for hydroxylation is 1. The van der Waals surface area contributed by atoms with Gasteiger partial charge < -0.3 is 0 Å². The van der Waals surface area contributed by atoms with Gasteiger partial charge in [0.25, 0.3) is 0 Å². The van der Waals surface area contributed by atoms with Crippen molar-refractivity contribution in [3.63, 3.8) is 0 Å². The van der Waals surface area contributed by atoms with Crippen LogP contribution in [0.2, 0.25) is 0 Å². The number of hydrogen-bond acceptors (Lipinski definition) is 1. The van der Waals surface area contributed by atoms with E-state index < -0.39 is 0 Å². The minimum Gasteiger partial charge on any atom is -0.295 e. The van der Waals surface area contributed by atoms with Crippen LogP contribution in [-0.4, -0.2) is 5.78 Å². The van der Waals surface area contributed by atoms with Crippen LogP contribution in [0.3, 0.4) is 0 Å². The van der Waals surface area contributed by atoms with E-state index in [1.54, 1.807) is 6.92 Å². The molecule has 0 N–H and O–H groups in total. The van der Waals surface area contributed by atoms with E-state index in [-0.39, 0.29) is 18.2 Å². The summed E-state index contributed by atoms with van der Waals surface area (Å²) in [6.07, 6.45) is 0. The number of carbonyl (C=O) groups excluding carboxylic acids is 1. The third kappa shape index (κ3) is 2.58. The second kappa shape index (κ2) is 4.59. The zero-order chi connectivity index (χ0) is 8.43. The zero-order valence-electron chi connectivity index (χ0n) is 7.13. The number of hydrogen-bond donors (Lipinski definition) is 0. The minimum absolute atomic E-state index is 0. The van der Waals surface area contributed by atoms with Gasteiger partial charge in [0.1, 0.15) is 0 Å². The average Bonchev–Trinajstić information content (AvgIpc) is 1.94. The van der Waals surface area contributed by atoms with Crippen molar-refractivity contribution in [2.75, 3.05) is 0 Å². The molecule has 0 amide bonds. The third-order valence-electron chi connectivity index (χ3n) is 1.68. The first-order valence-electron chi connectivity index (χ1n) is 3.48. The molecule has 1 nitrogen and oxygen atoms in total. The maximum absolute atomic E-state index is 10.9. The minimum atomic E-state index is 0. The summed E-state index contributed by atoms with van der Waals surface area (Å²) in [6, 6.07) is 5.69. The van der Waals surface area contributed by atoms with Crippen molar-refractivity contribution in [2.24, 2.45) is 0 Å². The summed E-state index contributed by atoms with van der Waals surface area (Å²) in [5.41, 5.74) is 1.93. The van der Waals surface area contributed by atoms with Crippen LogP contribution < -0.4 is 5.30 Å². The van der Waals surface area contributed by atoms with Crippen molar-refractivity contribution >= 4 is 32.7 Å². The molecule has 1 aromatic rings. The Hall–Kier alpha value is -0.390. The fraction of sp³-hybridized carbons (Fsp3) is 0.222. The van der Waals surface area contributed by atoms with Crippen molar-refractivity contribution in [2.45, 2.75) is 13.8 Å².